The summed E-state index contributed by atoms with van der Waals surface area (Å²) in [6.07, 6.45) is 3.87. The fraction of sp³-hybridized carbons (Fsp3) is 0.765. The van der Waals surface area contributed by atoms with Crippen LogP contribution in [-0.4, -0.2) is 63.2 Å². The lowest BCUT2D eigenvalue weighted by atomic mass is 9.92. The van der Waals surface area contributed by atoms with Crippen LogP contribution >= 0.6 is 22.9 Å². The maximum Gasteiger partial charge on any atom is 0.220 e. The number of likely N-dealkylation sites (tertiary alicyclic amines) is 1. The van der Waals surface area contributed by atoms with Gasteiger partial charge in [-0.2, -0.15) is 0 Å². The van der Waals surface area contributed by atoms with E-state index in [0.717, 1.165) is 48.9 Å². The van der Waals surface area contributed by atoms with E-state index < -0.39 is 0 Å². The van der Waals surface area contributed by atoms with Crippen molar-refractivity contribution in [2.75, 3.05) is 52.3 Å². The Morgan fingerprint density at radius 2 is 2.16 bits per heavy atom. The highest BCUT2D eigenvalue weighted by Crippen LogP contribution is 2.31. The molecule has 1 aliphatic heterocycles. The predicted octanol–water partition coefficient (Wildman–Crippen LogP) is 2.62. The Balaban J connectivity index is 1.68. The molecule has 1 aliphatic rings. The fourth-order valence-electron chi connectivity index (χ4n) is 2.96. The summed E-state index contributed by atoms with van der Waals surface area (Å²) in [7, 11) is 5.60. The number of methoxy groups -OCH3 is 1. The Kier molecular flexibility index (Phi) is 8.42. The molecule has 0 atom stereocenters. The molecule has 0 radical (unpaired) electrons. The van der Waals surface area contributed by atoms with Crippen molar-refractivity contribution in [1.29, 1.82) is 0 Å². The molecule has 1 saturated heterocycles. The number of carbonyl (C=O) groups is 1. The monoisotopic (exact) mass is 388 g/mol. The number of thiazole rings is 1. The standard InChI is InChI=1S/C17H29ClN4O2S/c1-21(2)17-20-16(18)14(25-17)12-22-9-6-13(7-10-22)4-5-15(23)19-8-11-24-3/h13H,4-12H2,1-3H3,(H,19,23). The van der Waals surface area contributed by atoms with Gasteiger partial charge in [0.25, 0.3) is 0 Å². The third kappa shape index (κ3) is 6.73. The summed E-state index contributed by atoms with van der Waals surface area (Å²) in [4.78, 5) is 21.7. The molecule has 6 nitrogen and oxygen atoms in total. The minimum Gasteiger partial charge on any atom is -0.383 e. The number of nitrogens with zero attached hydrogens (tertiary/aromatic N) is 3. The summed E-state index contributed by atoms with van der Waals surface area (Å²) in [6.45, 7) is 4.15. The van der Waals surface area contributed by atoms with Gasteiger partial charge >= 0.3 is 0 Å². The Labute approximate surface area is 159 Å². The van der Waals surface area contributed by atoms with Crippen molar-refractivity contribution >= 4 is 34.0 Å². The van der Waals surface area contributed by atoms with E-state index in [9.17, 15) is 4.79 Å². The quantitative estimate of drug-likeness (QED) is 0.659. The van der Waals surface area contributed by atoms with E-state index >= 15 is 0 Å². The number of carbonyl (C=O) groups excluding carboxylic acids is 1. The summed E-state index contributed by atoms with van der Waals surface area (Å²) < 4.78 is 4.93. The zero-order valence-electron chi connectivity index (χ0n) is 15.4. The van der Waals surface area contributed by atoms with Gasteiger partial charge in [-0.25, -0.2) is 4.98 Å². The summed E-state index contributed by atoms with van der Waals surface area (Å²) in [5.41, 5.74) is 0. The van der Waals surface area contributed by atoms with Gasteiger partial charge in [0.1, 0.15) is 5.15 Å². The Hall–Kier alpha value is -0.890. The SMILES string of the molecule is COCCNC(=O)CCC1CCN(Cc2sc(N(C)C)nc2Cl)CC1. The van der Waals surface area contributed by atoms with E-state index in [4.69, 9.17) is 16.3 Å². The van der Waals surface area contributed by atoms with Crippen molar-refractivity contribution in [2.24, 2.45) is 5.92 Å². The zero-order chi connectivity index (χ0) is 18.2. The molecule has 1 N–H and O–H groups in total. The second-order valence-corrected chi connectivity index (χ2v) is 8.13. The number of hydrogen-bond acceptors (Lipinski definition) is 6. The van der Waals surface area contributed by atoms with Crippen molar-refractivity contribution < 1.29 is 9.53 Å². The lowest BCUT2D eigenvalue weighted by Gasteiger charge is -2.31. The van der Waals surface area contributed by atoms with Crippen LogP contribution in [0.3, 0.4) is 0 Å². The van der Waals surface area contributed by atoms with Crippen LogP contribution in [-0.2, 0) is 16.1 Å². The molecule has 1 aromatic heterocycles. The van der Waals surface area contributed by atoms with Crippen molar-refractivity contribution in [1.82, 2.24) is 15.2 Å². The van der Waals surface area contributed by atoms with Gasteiger partial charge in [0.05, 0.1) is 11.5 Å². The van der Waals surface area contributed by atoms with Crippen LogP contribution in [0.5, 0.6) is 0 Å². The molecule has 1 fully saturated rings. The lowest BCUT2D eigenvalue weighted by Crippen LogP contribution is -2.34. The molecule has 0 unspecified atom stereocenters. The number of ether oxygens (including phenoxy) is 1. The highest BCUT2D eigenvalue weighted by atomic mass is 35.5. The van der Waals surface area contributed by atoms with Crippen LogP contribution in [0.15, 0.2) is 0 Å². The topological polar surface area (TPSA) is 57.7 Å². The maximum absolute atomic E-state index is 11.8. The number of anilines is 1. The van der Waals surface area contributed by atoms with Crippen LogP contribution in [0, 0.1) is 5.92 Å². The molecular weight excluding hydrogens is 360 g/mol. The number of rotatable bonds is 9. The molecule has 1 aromatic rings. The van der Waals surface area contributed by atoms with Gasteiger partial charge in [0.15, 0.2) is 5.13 Å². The molecular formula is C17H29ClN4O2S. The van der Waals surface area contributed by atoms with Crippen molar-refractivity contribution in [2.45, 2.75) is 32.2 Å². The molecule has 0 spiro atoms. The Morgan fingerprint density at radius 3 is 2.76 bits per heavy atom. The van der Waals surface area contributed by atoms with Crippen LogP contribution in [0.1, 0.15) is 30.6 Å². The van der Waals surface area contributed by atoms with E-state index in [1.165, 1.54) is 0 Å². The Bertz CT molecular complexity index is 545. The van der Waals surface area contributed by atoms with Gasteiger partial charge in [-0.1, -0.05) is 22.9 Å². The molecule has 0 aromatic carbocycles. The lowest BCUT2D eigenvalue weighted by molar-refractivity contribution is -0.121. The summed E-state index contributed by atoms with van der Waals surface area (Å²) in [5.74, 6) is 0.769. The third-order valence-electron chi connectivity index (χ3n) is 4.50. The molecule has 0 saturated carbocycles. The molecule has 1 amide bonds. The summed E-state index contributed by atoms with van der Waals surface area (Å²) in [6, 6.07) is 0. The minimum absolute atomic E-state index is 0.132. The van der Waals surface area contributed by atoms with Gasteiger partial charge < -0.3 is 15.0 Å². The highest BCUT2D eigenvalue weighted by Gasteiger charge is 2.22. The summed E-state index contributed by atoms with van der Waals surface area (Å²) in [5, 5.41) is 4.47. The van der Waals surface area contributed by atoms with Gasteiger partial charge in [-0.15, -0.1) is 0 Å². The van der Waals surface area contributed by atoms with Gasteiger partial charge in [-0.05, 0) is 38.3 Å². The van der Waals surface area contributed by atoms with Gasteiger partial charge in [0, 0.05) is 40.7 Å². The predicted molar refractivity (Wildman–Crippen MR) is 104 cm³/mol. The first-order valence-electron chi connectivity index (χ1n) is 8.80. The number of hydrogen-bond donors (Lipinski definition) is 1. The first-order valence-corrected chi connectivity index (χ1v) is 9.99. The Morgan fingerprint density at radius 1 is 1.44 bits per heavy atom. The van der Waals surface area contributed by atoms with Gasteiger partial charge in [-0.3, -0.25) is 9.69 Å². The highest BCUT2D eigenvalue weighted by molar-refractivity contribution is 7.16. The molecule has 0 aliphatic carbocycles. The molecule has 25 heavy (non-hydrogen) atoms. The normalized spacial score (nSPS) is 16.2. The average Bonchev–Trinajstić information content (AvgIpc) is 2.96. The zero-order valence-corrected chi connectivity index (χ0v) is 17.0. The van der Waals surface area contributed by atoms with Crippen molar-refractivity contribution in [3.05, 3.63) is 10.0 Å². The minimum atomic E-state index is 0.132. The number of halogens is 1. The van der Waals surface area contributed by atoms with Gasteiger partial charge in [0.2, 0.25) is 5.91 Å². The van der Waals surface area contributed by atoms with E-state index in [2.05, 4.69) is 15.2 Å². The number of aromatic nitrogens is 1. The van der Waals surface area contributed by atoms with E-state index in [1.54, 1.807) is 18.4 Å². The van der Waals surface area contributed by atoms with Crippen LogP contribution < -0.4 is 10.2 Å². The first-order chi connectivity index (χ1) is 12.0. The second kappa shape index (κ2) is 10.3. The first kappa shape index (κ1) is 20.4. The number of amides is 1. The maximum atomic E-state index is 11.8. The summed E-state index contributed by atoms with van der Waals surface area (Å²) >= 11 is 7.93. The van der Waals surface area contributed by atoms with Crippen LogP contribution in [0.25, 0.3) is 0 Å². The number of piperidine rings is 1. The molecule has 0 bridgehead atoms. The van der Waals surface area contributed by atoms with Crippen molar-refractivity contribution in [3.63, 3.8) is 0 Å². The van der Waals surface area contributed by atoms with Crippen LogP contribution in [0.2, 0.25) is 5.15 Å². The molecule has 8 heteroatoms. The molecule has 142 valence electrons. The van der Waals surface area contributed by atoms with Crippen molar-refractivity contribution in [3.8, 4) is 0 Å². The van der Waals surface area contributed by atoms with E-state index in [0.29, 0.717) is 30.6 Å². The van der Waals surface area contributed by atoms with Crippen LogP contribution in [0.4, 0.5) is 5.13 Å². The largest absolute Gasteiger partial charge is 0.383 e. The average molecular weight is 389 g/mol. The van der Waals surface area contributed by atoms with E-state index in [-0.39, 0.29) is 5.91 Å². The smallest absolute Gasteiger partial charge is 0.220 e. The number of nitrogens with one attached hydrogen (secondary N) is 1. The van der Waals surface area contributed by atoms with E-state index in [1.807, 2.05) is 19.0 Å². The molecule has 2 heterocycles. The second-order valence-electron chi connectivity index (χ2n) is 6.71. The molecule has 2 rings (SSSR count). The third-order valence-corrected chi connectivity index (χ3v) is 6.14. The fourth-order valence-corrected chi connectivity index (χ4v) is 4.19.